The number of carbonyl (C=O) groups is 1. The van der Waals surface area contributed by atoms with Gasteiger partial charge in [-0.2, -0.15) is 0 Å². The number of aromatic nitrogens is 1. The van der Waals surface area contributed by atoms with E-state index in [2.05, 4.69) is 10.5 Å². The summed E-state index contributed by atoms with van der Waals surface area (Å²) in [6.07, 6.45) is 0. The highest BCUT2D eigenvalue weighted by Gasteiger charge is 2.44. The van der Waals surface area contributed by atoms with Gasteiger partial charge >= 0.3 is 0 Å². The maximum Gasteiger partial charge on any atom is 0.230 e. The van der Waals surface area contributed by atoms with Crippen molar-refractivity contribution in [3.05, 3.63) is 17.5 Å². The molecule has 17 heavy (non-hydrogen) atoms. The molecule has 3 N–H and O–H groups in total. The van der Waals surface area contributed by atoms with Crippen molar-refractivity contribution < 1.29 is 14.1 Å². The molecule has 1 aliphatic heterocycles. The molecule has 6 heteroatoms. The highest BCUT2D eigenvalue weighted by molar-refractivity contribution is 5.83. The number of ether oxygens (including phenoxy) is 1. The van der Waals surface area contributed by atoms with Crippen LogP contribution >= 0.6 is 0 Å². The lowest BCUT2D eigenvalue weighted by molar-refractivity contribution is -0.130. The van der Waals surface area contributed by atoms with E-state index < -0.39 is 5.41 Å². The fraction of sp³-hybridized carbons (Fsp3) is 0.636. The first-order valence-corrected chi connectivity index (χ1v) is 5.56. The first-order valence-electron chi connectivity index (χ1n) is 5.56. The van der Waals surface area contributed by atoms with Crippen LogP contribution in [0.3, 0.4) is 0 Å². The molecule has 0 saturated carbocycles. The average Bonchev–Trinajstić information content (AvgIpc) is 2.84. The molecule has 1 aromatic heterocycles. The molecular formula is C11H17N3O3. The maximum atomic E-state index is 12.0. The zero-order chi connectivity index (χ0) is 12.5. The smallest absolute Gasteiger partial charge is 0.230 e. The van der Waals surface area contributed by atoms with E-state index in [9.17, 15) is 4.79 Å². The highest BCUT2D eigenvalue weighted by Crippen LogP contribution is 2.27. The van der Waals surface area contributed by atoms with Crippen LogP contribution in [0, 0.1) is 12.3 Å². The van der Waals surface area contributed by atoms with Crippen LogP contribution in [0.5, 0.6) is 0 Å². The third kappa shape index (κ3) is 2.32. The Hall–Kier alpha value is -1.40. The molecule has 6 nitrogen and oxygen atoms in total. The predicted octanol–water partition coefficient (Wildman–Crippen LogP) is -0.0370. The quantitative estimate of drug-likeness (QED) is 0.772. The number of nitrogens with two attached hydrogens (primary N) is 1. The van der Waals surface area contributed by atoms with Gasteiger partial charge in [0.05, 0.1) is 30.9 Å². The van der Waals surface area contributed by atoms with Gasteiger partial charge in [-0.1, -0.05) is 5.16 Å². The van der Waals surface area contributed by atoms with E-state index in [0.29, 0.717) is 25.5 Å². The van der Waals surface area contributed by atoms with E-state index in [1.807, 2.05) is 13.8 Å². The van der Waals surface area contributed by atoms with Crippen molar-refractivity contribution in [2.75, 3.05) is 13.2 Å². The summed E-state index contributed by atoms with van der Waals surface area (Å²) in [6.45, 7) is 4.74. The zero-order valence-electron chi connectivity index (χ0n) is 10.0. The molecule has 0 radical (unpaired) electrons. The molecule has 1 amide bonds. The number of nitrogens with zero attached hydrogens (tertiary/aromatic N) is 1. The number of aryl methyl sites for hydroxylation is 1. The first-order chi connectivity index (χ1) is 8.02. The van der Waals surface area contributed by atoms with E-state index in [1.165, 1.54) is 0 Å². The second kappa shape index (κ2) is 4.46. The number of carbonyl (C=O) groups excluding carboxylic acids is 1. The lowest BCUT2D eigenvalue weighted by Gasteiger charge is -2.24. The minimum absolute atomic E-state index is 0.114. The summed E-state index contributed by atoms with van der Waals surface area (Å²) >= 11 is 0. The number of hydrogen-bond acceptors (Lipinski definition) is 5. The van der Waals surface area contributed by atoms with Crippen LogP contribution < -0.4 is 11.1 Å². The van der Waals surface area contributed by atoms with E-state index in [0.717, 1.165) is 5.69 Å². The van der Waals surface area contributed by atoms with Gasteiger partial charge in [-0.05, 0) is 13.8 Å². The summed E-state index contributed by atoms with van der Waals surface area (Å²) in [7, 11) is 0. The van der Waals surface area contributed by atoms with Gasteiger partial charge in [0.25, 0.3) is 0 Å². The standard InChI is InChI=1S/C11H17N3O3/c1-7-3-8(17-14-7)4-13-10(15)11(2)6-16-5-9(11)12/h3,9H,4-6,12H2,1-2H3,(H,13,15). The van der Waals surface area contributed by atoms with Crippen molar-refractivity contribution in [1.82, 2.24) is 10.5 Å². The topological polar surface area (TPSA) is 90.4 Å². The van der Waals surface area contributed by atoms with Crippen molar-refractivity contribution in [3.8, 4) is 0 Å². The van der Waals surface area contributed by atoms with Gasteiger partial charge in [0.1, 0.15) is 0 Å². The van der Waals surface area contributed by atoms with Crippen LogP contribution in [-0.2, 0) is 16.1 Å². The fourth-order valence-corrected chi connectivity index (χ4v) is 1.79. The van der Waals surface area contributed by atoms with Gasteiger partial charge < -0.3 is 20.3 Å². The van der Waals surface area contributed by atoms with Crippen LogP contribution in [0.25, 0.3) is 0 Å². The largest absolute Gasteiger partial charge is 0.379 e. The van der Waals surface area contributed by atoms with Crippen molar-refractivity contribution in [1.29, 1.82) is 0 Å². The second-order valence-electron chi connectivity index (χ2n) is 4.66. The normalized spacial score (nSPS) is 28.3. The van der Waals surface area contributed by atoms with Crippen LogP contribution in [0.2, 0.25) is 0 Å². The van der Waals surface area contributed by atoms with Gasteiger partial charge in [-0.15, -0.1) is 0 Å². The van der Waals surface area contributed by atoms with Crippen molar-refractivity contribution in [2.45, 2.75) is 26.4 Å². The van der Waals surface area contributed by atoms with Gasteiger partial charge in [0.15, 0.2) is 5.76 Å². The van der Waals surface area contributed by atoms with E-state index >= 15 is 0 Å². The lowest BCUT2D eigenvalue weighted by Crippen LogP contribution is -2.49. The van der Waals surface area contributed by atoms with Crippen LogP contribution in [0.4, 0.5) is 0 Å². The molecule has 2 unspecified atom stereocenters. The minimum Gasteiger partial charge on any atom is -0.379 e. The summed E-state index contributed by atoms with van der Waals surface area (Å²) < 4.78 is 10.2. The SMILES string of the molecule is Cc1cc(CNC(=O)C2(C)COCC2N)on1. The number of hydrogen-bond donors (Lipinski definition) is 2. The first kappa shape index (κ1) is 12.1. The molecule has 2 rings (SSSR count). The Morgan fingerprint density at radius 2 is 2.53 bits per heavy atom. The van der Waals surface area contributed by atoms with Crippen molar-refractivity contribution in [3.63, 3.8) is 0 Å². The van der Waals surface area contributed by atoms with Crippen molar-refractivity contribution in [2.24, 2.45) is 11.1 Å². The molecule has 1 saturated heterocycles. The Labute approximate surface area is 99.5 Å². The summed E-state index contributed by atoms with van der Waals surface area (Å²) in [4.78, 5) is 12.0. The molecule has 1 fully saturated rings. The Morgan fingerprint density at radius 1 is 1.76 bits per heavy atom. The molecule has 1 aliphatic rings. The van der Waals surface area contributed by atoms with Gasteiger partial charge in [0.2, 0.25) is 5.91 Å². The monoisotopic (exact) mass is 239 g/mol. The molecule has 94 valence electrons. The number of amides is 1. The fourth-order valence-electron chi connectivity index (χ4n) is 1.79. The Balaban J connectivity index is 1.93. The molecule has 2 heterocycles. The Bertz CT molecular complexity index is 418. The van der Waals surface area contributed by atoms with E-state index in [1.54, 1.807) is 6.07 Å². The summed E-state index contributed by atoms with van der Waals surface area (Å²) in [5.41, 5.74) is 6.00. The predicted molar refractivity (Wildman–Crippen MR) is 60.0 cm³/mol. The lowest BCUT2D eigenvalue weighted by atomic mass is 9.85. The average molecular weight is 239 g/mol. The molecular weight excluding hydrogens is 222 g/mol. The van der Waals surface area contributed by atoms with Crippen LogP contribution in [0.1, 0.15) is 18.4 Å². The molecule has 0 spiro atoms. The molecule has 0 aliphatic carbocycles. The van der Waals surface area contributed by atoms with Crippen molar-refractivity contribution >= 4 is 5.91 Å². The van der Waals surface area contributed by atoms with Gasteiger partial charge in [0, 0.05) is 12.1 Å². The third-order valence-corrected chi connectivity index (χ3v) is 3.14. The molecule has 1 aromatic rings. The molecule has 0 bridgehead atoms. The molecule has 0 aromatic carbocycles. The third-order valence-electron chi connectivity index (χ3n) is 3.14. The van der Waals surface area contributed by atoms with Crippen LogP contribution in [-0.4, -0.2) is 30.3 Å². The number of nitrogens with one attached hydrogen (secondary N) is 1. The molecule has 2 atom stereocenters. The Morgan fingerprint density at radius 3 is 3.06 bits per heavy atom. The Kier molecular flexibility index (Phi) is 3.17. The van der Waals surface area contributed by atoms with Gasteiger partial charge in [-0.3, -0.25) is 4.79 Å². The van der Waals surface area contributed by atoms with Crippen LogP contribution in [0.15, 0.2) is 10.6 Å². The maximum absolute atomic E-state index is 12.0. The van der Waals surface area contributed by atoms with Gasteiger partial charge in [-0.25, -0.2) is 0 Å². The summed E-state index contributed by atoms with van der Waals surface area (Å²) in [6, 6.07) is 1.52. The minimum atomic E-state index is -0.658. The van der Waals surface area contributed by atoms with E-state index in [-0.39, 0.29) is 11.9 Å². The second-order valence-corrected chi connectivity index (χ2v) is 4.66. The highest BCUT2D eigenvalue weighted by atomic mass is 16.5. The summed E-state index contributed by atoms with van der Waals surface area (Å²) in [5.74, 6) is 0.517. The zero-order valence-corrected chi connectivity index (χ0v) is 10.0. The number of rotatable bonds is 3. The van der Waals surface area contributed by atoms with E-state index in [4.69, 9.17) is 15.0 Å². The summed E-state index contributed by atoms with van der Waals surface area (Å²) in [5, 5.41) is 6.54.